The van der Waals surface area contributed by atoms with Crippen LogP contribution in [-0.2, 0) is 32.0 Å². The third-order valence-electron chi connectivity index (χ3n) is 10.9. The van der Waals surface area contributed by atoms with Gasteiger partial charge in [0.15, 0.2) is 31.4 Å². The molecule has 5 fully saturated rings. The highest BCUT2D eigenvalue weighted by Gasteiger charge is 2.49. The van der Waals surface area contributed by atoms with Gasteiger partial charge in [-0.15, -0.1) is 5.10 Å². The first-order valence-corrected chi connectivity index (χ1v) is 21.0. The molecule has 2 aliphatic carbocycles. The van der Waals surface area contributed by atoms with Crippen molar-refractivity contribution in [2.24, 2.45) is 22.2 Å². The van der Waals surface area contributed by atoms with Crippen molar-refractivity contribution in [3.63, 3.8) is 0 Å². The average molecular weight is 823 g/mol. The first-order chi connectivity index (χ1) is 28.2. The van der Waals surface area contributed by atoms with Crippen molar-refractivity contribution in [2.45, 2.75) is 98.6 Å². The van der Waals surface area contributed by atoms with E-state index in [2.05, 4.69) is 80.4 Å². The van der Waals surface area contributed by atoms with Gasteiger partial charge >= 0.3 is 0 Å². The molecule has 7 heterocycles. The molecule has 3 aliphatic heterocycles. The van der Waals surface area contributed by atoms with E-state index in [0.29, 0.717) is 97.4 Å². The van der Waals surface area contributed by atoms with Crippen molar-refractivity contribution < 1.29 is 28.4 Å². The lowest BCUT2D eigenvalue weighted by Crippen LogP contribution is -2.52. The summed E-state index contributed by atoms with van der Waals surface area (Å²) in [6.45, 7) is 19.1. The molecular formula is C44H53ClN9O5+. The summed E-state index contributed by atoms with van der Waals surface area (Å²) >= 11 is 6.84. The lowest BCUT2D eigenvalue weighted by atomic mass is 9.84. The molecule has 0 amide bonds. The number of rotatable bonds is 10. The van der Waals surface area contributed by atoms with Crippen LogP contribution in [0.4, 0.5) is 0 Å². The summed E-state index contributed by atoms with van der Waals surface area (Å²) in [5.41, 5.74) is 4.18. The van der Waals surface area contributed by atoms with Crippen LogP contribution in [0.3, 0.4) is 0 Å². The predicted molar refractivity (Wildman–Crippen MR) is 218 cm³/mol. The molecular weight excluding hydrogens is 770 g/mol. The summed E-state index contributed by atoms with van der Waals surface area (Å²) in [5, 5.41) is 14.4. The standard InChI is InChI=1S/C44H53ClN9O5/c1-42(2)23-51(24-42)13-7-8-30-15-37(41(47-17-30)33-19-52(50-48-33)21-38-55-25-43(3,4)26-56-38)59-36-16-35(36)54-49-34(20-53(54)22-39-57-27-44(5,6)28-58-39)40-32(45)14-31(18-46-40)12-11-29-9-10-29/h14-15,17-20,29,35-36,38-39H,9-10,13,16,21-28H2,1-6H3/q+1. The molecule has 3 saturated heterocycles. The van der Waals surface area contributed by atoms with Gasteiger partial charge in [0.1, 0.15) is 28.9 Å². The topological polar surface area (TPSA) is 128 Å². The lowest BCUT2D eigenvalue weighted by molar-refractivity contribution is -0.791. The van der Waals surface area contributed by atoms with E-state index in [1.54, 1.807) is 17.1 Å². The number of pyridine rings is 2. The SMILES string of the molecule is CC1(C)COC(Cn2cc(-c3ncc(C#CCN4CC(C)(C)C4)cc3OC3CC3n3nc(-c4ncc(C#CC5CC5)cc4Cl)c[n+]3CC3OCC(C)(C)CO3)nn2)OC1. The summed E-state index contributed by atoms with van der Waals surface area (Å²) < 4.78 is 34.8. The number of ether oxygens (including phenoxy) is 5. The lowest BCUT2D eigenvalue weighted by Gasteiger charge is -2.44. The Morgan fingerprint density at radius 1 is 0.847 bits per heavy atom. The Morgan fingerprint density at radius 3 is 2.20 bits per heavy atom. The number of hydrogen-bond donors (Lipinski definition) is 0. The van der Waals surface area contributed by atoms with Gasteiger partial charge in [-0.2, -0.15) is 4.68 Å². The number of hydrogen-bond acceptors (Lipinski definition) is 11. The van der Waals surface area contributed by atoms with Crippen molar-refractivity contribution in [3.8, 4) is 52.2 Å². The van der Waals surface area contributed by atoms with Crippen molar-refractivity contribution in [2.75, 3.05) is 46.1 Å². The van der Waals surface area contributed by atoms with Crippen LogP contribution >= 0.6 is 11.6 Å². The summed E-state index contributed by atoms with van der Waals surface area (Å²) in [7, 11) is 0. The zero-order valence-corrected chi connectivity index (χ0v) is 35.5. The van der Waals surface area contributed by atoms with Crippen LogP contribution in [-0.4, -0.2) is 105 Å². The van der Waals surface area contributed by atoms with Crippen molar-refractivity contribution >= 4 is 11.6 Å². The molecule has 0 aromatic carbocycles. The second kappa shape index (κ2) is 15.9. The van der Waals surface area contributed by atoms with E-state index in [1.807, 2.05) is 34.0 Å². The Balaban J connectivity index is 0.970. The minimum atomic E-state index is -0.440. The van der Waals surface area contributed by atoms with Crippen LogP contribution in [0.15, 0.2) is 36.9 Å². The minimum Gasteiger partial charge on any atom is -0.485 e. The number of likely N-dealkylation sites (tertiary alicyclic amines) is 1. The number of nitrogens with zero attached hydrogens (tertiary/aromatic N) is 9. The van der Waals surface area contributed by atoms with Gasteiger partial charge in [-0.3, -0.25) is 4.90 Å². The summed E-state index contributed by atoms with van der Waals surface area (Å²) in [6, 6.07) is 3.70. The van der Waals surface area contributed by atoms with E-state index in [1.165, 1.54) is 0 Å². The van der Waals surface area contributed by atoms with Crippen LogP contribution in [0.25, 0.3) is 22.8 Å². The molecule has 310 valence electrons. The van der Waals surface area contributed by atoms with Gasteiger partial charge in [0.2, 0.25) is 0 Å². The fourth-order valence-electron chi connectivity index (χ4n) is 7.49. The molecule has 4 aromatic heterocycles. The Labute approximate surface area is 350 Å². The first kappa shape index (κ1) is 40.0. The van der Waals surface area contributed by atoms with E-state index in [0.717, 1.165) is 37.1 Å². The molecule has 0 spiro atoms. The summed E-state index contributed by atoms with van der Waals surface area (Å²) in [5.74, 6) is 14.2. The first-order valence-electron chi connectivity index (χ1n) is 20.6. The van der Waals surface area contributed by atoms with Gasteiger partial charge in [0, 0.05) is 59.8 Å². The second-order valence-corrected chi connectivity index (χ2v) is 19.5. The molecule has 9 rings (SSSR count). The molecule has 5 aliphatic rings. The molecule has 4 aromatic rings. The molecule has 2 atom stereocenters. The zero-order chi connectivity index (χ0) is 40.9. The highest BCUT2D eigenvalue weighted by molar-refractivity contribution is 6.33. The Hall–Kier alpha value is -4.41. The van der Waals surface area contributed by atoms with Crippen LogP contribution in [0.5, 0.6) is 5.75 Å². The molecule has 59 heavy (non-hydrogen) atoms. The maximum Gasteiger partial charge on any atom is 0.268 e. The summed E-state index contributed by atoms with van der Waals surface area (Å²) in [4.78, 5) is 13.8. The van der Waals surface area contributed by atoms with E-state index in [9.17, 15) is 0 Å². The molecule has 15 heteroatoms. The average Bonchev–Trinajstić information content (AvgIpc) is 4.07. The minimum absolute atomic E-state index is 0.0250. The second-order valence-electron chi connectivity index (χ2n) is 19.1. The van der Waals surface area contributed by atoms with E-state index in [4.69, 9.17) is 50.4 Å². The van der Waals surface area contributed by atoms with E-state index >= 15 is 0 Å². The van der Waals surface area contributed by atoms with Gasteiger partial charge in [0.25, 0.3) is 5.69 Å². The van der Waals surface area contributed by atoms with Crippen LogP contribution in [0.1, 0.15) is 78.0 Å². The molecule has 2 unspecified atom stereocenters. The van der Waals surface area contributed by atoms with Gasteiger partial charge in [-0.05, 0) is 35.2 Å². The fourth-order valence-corrected chi connectivity index (χ4v) is 7.76. The highest BCUT2D eigenvalue weighted by Crippen LogP contribution is 2.41. The van der Waals surface area contributed by atoms with Crippen LogP contribution in [0.2, 0.25) is 5.02 Å². The Bertz CT molecular complexity index is 2300. The maximum atomic E-state index is 6.84. The third-order valence-corrected chi connectivity index (χ3v) is 11.2. The van der Waals surface area contributed by atoms with Crippen molar-refractivity contribution in [1.82, 2.24) is 39.8 Å². The van der Waals surface area contributed by atoms with E-state index in [-0.39, 0.29) is 23.0 Å². The van der Waals surface area contributed by atoms with Gasteiger partial charge in [-0.1, -0.05) is 82.0 Å². The Kier molecular flexibility index (Phi) is 10.8. The predicted octanol–water partition coefficient (Wildman–Crippen LogP) is 5.18. The molecule has 0 N–H and O–H groups in total. The normalized spacial score (nSPS) is 23.7. The van der Waals surface area contributed by atoms with Gasteiger partial charge in [-0.25, -0.2) is 14.6 Å². The van der Waals surface area contributed by atoms with E-state index < -0.39 is 12.6 Å². The van der Waals surface area contributed by atoms with Gasteiger partial charge < -0.3 is 23.7 Å². The molecule has 0 radical (unpaired) electrons. The smallest absolute Gasteiger partial charge is 0.268 e. The highest BCUT2D eigenvalue weighted by atomic mass is 35.5. The zero-order valence-electron chi connectivity index (χ0n) is 34.8. The largest absolute Gasteiger partial charge is 0.485 e. The monoisotopic (exact) mass is 822 g/mol. The number of aromatic nitrogens is 8. The Morgan fingerprint density at radius 2 is 1.53 bits per heavy atom. The molecule has 14 nitrogen and oxygen atoms in total. The van der Waals surface area contributed by atoms with Crippen molar-refractivity contribution in [1.29, 1.82) is 0 Å². The van der Waals surface area contributed by atoms with Crippen molar-refractivity contribution in [3.05, 3.63) is 53.1 Å². The van der Waals surface area contributed by atoms with Crippen LogP contribution < -0.4 is 9.42 Å². The number of halogens is 1. The summed E-state index contributed by atoms with van der Waals surface area (Å²) in [6.07, 6.45) is 9.28. The maximum absolute atomic E-state index is 6.84. The van der Waals surface area contributed by atoms with Gasteiger partial charge in [0.05, 0.1) is 55.8 Å². The molecule has 0 bridgehead atoms. The molecule has 2 saturated carbocycles. The van der Waals surface area contributed by atoms with Crippen LogP contribution in [0, 0.1) is 45.8 Å². The third kappa shape index (κ3) is 9.81. The fraction of sp³-hybridized carbons (Fsp3) is 0.591. The quantitative estimate of drug-likeness (QED) is 0.155.